The van der Waals surface area contributed by atoms with Crippen molar-refractivity contribution in [1.82, 2.24) is 0 Å². The zero-order chi connectivity index (χ0) is 9.26. The van der Waals surface area contributed by atoms with Crippen LogP contribution in [0.2, 0.25) is 0 Å². The highest BCUT2D eigenvalue weighted by molar-refractivity contribution is 9.10. The quantitative estimate of drug-likeness (QED) is 0.774. The molecule has 0 saturated carbocycles. The molecule has 0 aliphatic carbocycles. The van der Waals surface area contributed by atoms with Gasteiger partial charge in [0, 0.05) is 15.7 Å². The van der Waals surface area contributed by atoms with Crippen LogP contribution in [0.4, 0.5) is 5.69 Å². The number of hydrogen-bond donors (Lipinski definition) is 1. The van der Waals surface area contributed by atoms with Gasteiger partial charge < -0.3 is 10.2 Å². The predicted octanol–water partition coefficient (Wildman–Crippen LogP) is 3.29. The van der Waals surface area contributed by atoms with Gasteiger partial charge in [-0.3, -0.25) is 0 Å². The average Bonchev–Trinajstić information content (AvgIpc) is 2.62. The number of hydrogen-bond acceptors (Lipinski definition) is 2. The summed E-state index contributed by atoms with van der Waals surface area (Å²) in [6.45, 7) is 0. The number of furan rings is 1. The summed E-state index contributed by atoms with van der Waals surface area (Å²) in [4.78, 5) is 0. The zero-order valence-electron chi connectivity index (χ0n) is 6.83. The van der Waals surface area contributed by atoms with E-state index in [1.54, 1.807) is 6.26 Å². The van der Waals surface area contributed by atoms with Crippen LogP contribution in [0.3, 0.4) is 0 Å². The minimum atomic E-state index is 0.717. The molecule has 0 atom stereocenters. The fourth-order valence-electron chi connectivity index (χ4n) is 1.14. The maximum Gasteiger partial charge on any atom is 0.133 e. The molecule has 66 valence electrons. The first-order valence-electron chi connectivity index (χ1n) is 3.86. The second kappa shape index (κ2) is 3.26. The summed E-state index contributed by atoms with van der Waals surface area (Å²) in [5, 5.41) is 0. The fourth-order valence-corrected chi connectivity index (χ4v) is 1.39. The van der Waals surface area contributed by atoms with E-state index < -0.39 is 0 Å². The number of rotatable bonds is 1. The topological polar surface area (TPSA) is 39.2 Å². The van der Waals surface area contributed by atoms with Crippen LogP contribution in [0.15, 0.2) is 45.5 Å². The SMILES string of the molecule is Nc1cc(-c2ccco2)ccc1Br. The number of anilines is 1. The molecule has 0 unspecified atom stereocenters. The van der Waals surface area contributed by atoms with Gasteiger partial charge in [-0.15, -0.1) is 0 Å². The van der Waals surface area contributed by atoms with Crippen LogP contribution in [0.1, 0.15) is 0 Å². The van der Waals surface area contributed by atoms with Crippen LogP contribution in [0.25, 0.3) is 11.3 Å². The van der Waals surface area contributed by atoms with Crippen molar-refractivity contribution >= 4 is 21.6 Å². The monoisotopic (exact) mass is 237 g/mol. The van der Waals surface area contributed by atoms with Crippen LogP contribution in [-0.2, 0) is 0 Å². The Hall–Kier alpha value is -1.22. The lowest BCUT2D eigenvalue weighted by atomic mass is 10.1. The maximum absolute atomic E-state index is 5.74. The lowest BCUT2D eigenvalue weighted by Crippen LogP contribution is -1.86. The van der Waals surface area contributed by atoms with Crippen LogP contribution in [0, 0.1) is 0 Å². The Morgan fingerprint density at radius 2 is 2.08 bits per heavy atom. The molecule has 2 nitrogen and oxygen atoms in total. The maximum atomic E-state index is 5.74. The summed E-state index contributed by atoms with van der Waals surface area (Å²) in [6, 6.07) is 9.51. The van der Waals surface area contributed by atoms with Crippen LogP contribution >= 0.6 is 15.9 Å². The Kier molecular flexibility index (Phi) is 2.10. The zero-order valence-corrected chi connectivity index (χ0v) is 8.41. The molecule has 2 N–H and O–H groups in total. The van der Waals surface area contributed by atoms with Gasteiger partial charge in [0.05, 0.1) is 6.26 Å². The van der Waals surface area contributed by atoms with Gasteiger partial charge in [0.2, 0.25) is 0 Å². The number of nitrogen functional groups attached to an aromatic ring is 1. The molecule has 0 aliphatic rings. The average molecular weight is 238 g/mol. The molecule has 0 spiro atoms. The normalized spacial score (nSPS) is 10.2. The van der Waals surface area contributed by atoms with Gasteiger partial charge >= 0.3 is 0 Å². The Morgan fingerprint density at radius 1 is 1.23 bits per heavy atom. The van der Waals surface area contributed by atoms with E-state index in [2.05, 4.69) is 15.9 Å². The molecular formula is C10H8BrNO. The molecule has 1 aromatic heterocycles. The lowest BCUT2D eigenvalue weighted by Gasteiger charge is -2.00. The molecule has 2 rings (SSSR count). The Labute approximate surface area is 84.5 Å². The summed E-state index contributed by atoms with van der Waals surface area (Å²) in [7, 11) is 0. The minimum absolute atomic E-state index is 0.717. The number of nitrogens with two attached hydrogens (primary N) is 1. The van der Waals surface area contributed by atoms with Crippen molar-refractivity contribution in [2.24, 2.45) is 0 Å². The third-order valence-corrected chi connectivity index (χ3v) is 2.52. The first-order valence-corrected chi connectivity index (χ1v) is 4.65. The molecular weight excluding hydrogens is 230 g/mol. The van der Waals surface area contributed by atoms with E-state index in [4.69, 9.17) is 10.2 Å². The smallest absolute Gasteiger partial charge is 0.133 e. The van der Waals surface area contributed by atoms with Crippen molar-refractivity contribution in [3.05, 3.63) is 41.1 Å². The van der Waals surface area contributed by atoms with Crippen LogP contribution in [0.5, 0.6) is 0 Å². The molecule has 0 aliphatic heterocycles. The largest absolute Gasteiger partial charge is 0.464 e. The predicted molar refractivity (Wildman–Crippen MR) is 56.3 cm³/mol. The number of benzene rings is 1. The van der Waals surface area contributed by atoms with E-state index in [1.807, 2.05) is 30.3 Å². The summed E-state index contributed by atoms with van der Waals surface area (Å²) in [5.74, 6) is 0.833. The molecule has 1 aromatic carbocycles. The standard InChI is InChI=1S/C10H8BrNO/c11-8-4-3-7(6-9(8)12)10-2-1-5-13-10/h1-6H,12H2. The summed E-state index contributed by atoms with van der Waals surface area (Å²) >= 11 is 3.34. The first kappa shape index (κ1) is 8.38. The Bertz CT molecular complexity index is 409. The van der Waals surface area contributed by atoms with E-state index >= 15 is 0 Å². The molecule has 13 heavy (non-hydrogen) atoms. The molecule has 0 fully saturated rings. The first-order chi connectivity index (χ1) is 6.27. The van der Waals surface area contributed by atoms with Gasteiger partial charge in [-0.05, 0) is 46.3 Å². The third kappa shape index (κ3) is 1.60. The summed E-state index contributed by atoms with van der Waals surface area (Å²) in [5.41, 5.74) is 7.45. The molecule has 3 heteroatoms. The number of halogens is 1. The van der Waals surface area contributed by atoms with E-state index in [0.29, 0.717) is 5.69 Å². The Balaban J connectivity index is 2.49. The van der Waals surface area contributed by atoms with E-state index in [9.17, 15) is 0 Å². The highest BCUT2D eigenvalue weighted by atomic mass is 79.9. The van der Waals surface area contributed by atoms with Crippen molar-refractivity contribution < 1.29 is 4.42 Å². The van der Waals surface area contributed by atoms with E-state index in [1.165, 1.54) is 0 Å². The van der Waals surface area contributed by atoms with Crippen molar-refractivity contribution in [3.8, 4) is 11.3 Å². The molecule has 2 aromatic rings. The van der Waals surface area contributed by atoms with Gasteiger partial charge in [-0.25, -0.2) is 0 Å². The Morgan fingerprint density at radius 3 is 2.69 bits per heavy atom. The van der Waals surface area contributed by atoms with Crippen molar-refractivity contribution in [2.45, 2.75) is 0 Å². The highest BCUT2D eigenvalue weighted by Gasteiger charge is 2.02. The molecule has 0 radical (unpaired) electrons. The van der Waals surface area contributed by atoms with E-state index in [0.717, 1.165) is 15.8 Å². The lowest BCUT2D eigenvalue weighted by molar-refractivity contribution is 0.582. The van der Waals surface area contributed by atoms with Crippen molar-refractivity contribution in [3.63, 3.8) is 0 Å². The molecule has 1 heterocycles. The van der Waals surface area contributed by atoms with Crippen LogP contribution in [-0.4, -0.2) is 0 Å². The van der Waals surface area contributed by atoms with Gasteiger partial charge in [0.1, 0.15) is 5.76 Å². The molecule has 0 saturated heterocycles. The van der Waals surface area contributed by atoms with Gasteiger partial charge in [-0.1, -0.05) is 0 Å². The van der Waals surface area contributed by atoms with Crippen molar-refractivity contribution in [1.29, 1.82) is 0 Å². The summed E-state index contributed by atoms with van der Waals surface area (Å²) < 4.78 is 6.15. The van der Waals surface area contributed by atoms with Gasteiger partial charge in [0.25, 0.3) is 0 Å². The van der Waals surface area contributed by atoms with Gasteiger partial charge in [-0.2, -0.15) is 0 Å². The second-order valence-electron chi connectivity index (χ2n) is 2.71. The molecule has 0 bridgehead atoms. The van der Waals surface area contributed by atoms with E-state index in [-0.39, 0.29) is 0 Å². The highest BCUT2D eigenvalue weighted by Crippen LogP contribution is 2.26. The minimum Gasteiger partial charge on any atom is -0.464 e. The third-order valence-electron chi connectivity index (χ3n) is 1.80. The van der Waals surface area contributed by atoms with Crippen LogP contribution < -0.4 is 5.73 Å². The van der Waals surface area contributed by atoms with Crippen molar-refractivity contribution in [2.75, 3.05) is 5.73 Å². The fraction of sp³-hybridized carbons (Fsp3) is 0. The van der Waals surface area contributed by atoms with Gasteiger partial charge in [0.15, 0.2) is 0 Å². The second-order valence-corrected chi connectivity index (χ2v) is 3.57. The summed E-state index contributed by atoms with van der Waals surface area (Å²) in [6.07, 6.45) is 1.65. The molecule has 0 amide bonds.